The minimum Gasteiger partial charge on any atom is -0.427 e. The van der Waals surface area contributed by atoms with Crippen molar-refractivity contribution in [2.45, 2.75) is 96.8 Å². The number of carbonyl (C=O) groups excluding carboxylic acids is 2. The number of nitrogens with one attached hydrogen (secondary N) is 1. The normalized spacial score (nSPS) is 34.9. The first-order chi connectivity index (χ1) is 23.4. The first-order valence-corrected chi connectivity index (χ1v) is 20.8. The van der Waals surface area contributed by atoms with Crippen molar-refractivity contribution in [2.24, 2.45) is 34.5 Å². The van der Waals surface area contributed by atoms with Gasteiger partial charge in [-0.3, -0.25) is 0 Å². The Hall–Kier alpha value is -2.49. The number of hydrogen-bond acceptors (Lipinski definition) is 9. The zero-order chi connectivity index (χ0) is 33.0. The molecule has 0 amide bonds. The molecular weight excluding hydrogens is 641 g/mol. The molecule has 3 fully saturated rings. The molecule has 1 aromatic heterocycles. The number of aliphatic hydroxyl groups is 1. The minimum atomic E-state index is -0.679. The van der Waals surface area contributed by atoms with E-state index in [0.29, 0.717) is 12.3 Å². The quantitative estimate of drug-likeness (QED) is 0.233. The van der Waals surface area contributed by atoms with Gasteiger partial charge in [0.15, 0.2) is 0 Å². The molecule has 0 radical (unpaired) electrons. The van der Waals surface area contributed by atoms with Crippen molar-refractivity contribution in [2.75, 3.05) is 23.6 Å². The fourth-order valence-corrected chi connectivity index (χ4v) is 12.7. The fraction of sp³-hybridized carbons (Fsp3) is 0.615. The number of nitrogens with zero attached hydrogens (tertiary/aromatic N) is 1. The lowest BCUT2D eigenvalue weighted by Crippen LogP contribution is -2.53. The second-order valence-corrected chi connectivity index (χ2v) is 17.8. The predicted octanol–water partition coefficient (Wildman–Crippen LogP) is 8.61. The van der Waals surface area contributed by atoms with Crippen LogP contribution in [0, 0.1) is 34.5 Å². The number of aliphatic hydroxyl groups excluding tert-OH is 1. The maximum absolute atomic E-state index is 14.4. The predicted molar refractivity (Wildman–Crippen MR) is 191 cm³/mol. The van der Waals surface area contributed by atoms with Crippen molar-refractivity contribution >= 4 is 39.3 Å². The van der Waals surface area contributed by atoms with E-state index in [1.807, 2.05) is 17.0 Å². The van der Waals surface area contributed by atoms with Crippen LogP contribution in [0.2, 0.25) is 0 Å². The van der Waals surface area contributed by atoms with E-state index in [0.717, 1.165) is 109 Å². The van der Waals surface area contributed by atoms with Crippen molar-refractivity contribution < 1.29 is 24.2 Å². The number of carbonyl (C=O) groups is 2. The van der Waals surface area contributed by atoms with E-state index in [1.165, 1.54) is 18.4 Å². The summed E-state index contributed by atoms with van der Waals surface area (Å²) in [6.07, 6.45) is 17.9. The van der Waals surface area contributed by atoms with E-state index >= 15 is 0 Å². The Morgan fingerprint density at radius 2 is 1.98 bits per heavy atom. The smallest absolute Gasteiger partial charge is 0.340 e. The van der Waals surface area contributed by atoms with Gasteiger partial charge in [0, 0.05) is 41.5 Å². The fourth-order valence-electron chi connectivity index (χ4n) is 10.6. The summed E-state index contributed by atoms with van der Waals surface area (Å²) in [6, 6.07) is 4.22. The highest BCUT2D eigenvalue weighted by Crippen LogP contribution is 2.72. The van der Waals surface area contributed by atoms with Crippen LogP contribution in [-0.4, -0.2) is 40.3 Å². The lowest BCUT2D eigenvalue weighted by atomic mass is 9.43. The monoisotopic (exact) mass is 688 g/mol. The number of anilines is 1. The summed E-state index contributed by atoms with van der Waals surface area (Å²) in [7, 11) is 3.64. The van der Waals surface area contributed by atoms with Crippen LogP contribution in [0.5, 0.6) is 0 Å². The highest BCUT2D eigenvalue weighted by Gasteiger charge is 2.68. The number of pyridine rings is 1. The molecule has 7 nitrogen and oxygen atoms in total. The van der Waals surface area contributed by atoms with Gasteiger partial charge in [-0.15, -0.1) is 0 Å². The van der Waals surface area contributed by atoms with E-state index in [9.17, 15) is 14.7 Å². The van der Waals surface area contributed by atoms with E-state index < -0.39 is 5.41 Å². The van der Waals surface area contributed by atoms with E-state index in [4.69, 9.17) is 9.47 Å². The molecule has 2 N–H and O–H groups in total. The summed E-state index contributed by atoms with van der Waals surface area (Å²) >= 11 is 0. The largest absolute Gasteiger partial charge is 0.427 e. The lowest BCUT2D eigenvalue weighted by Gasteiger charge is -2.57. The van der Waals surface area contributed by atoms with Crippen LogP contribution in [0.25, 0.3) is 0 Å². The zero-order valence-electron chi connectivity index (χ0n) is 28.2. The van der Waals surface area contributed by atoms with Gasteiger partial charge in [0.25, 0.3) is 0 Å². The van der Waals surface area contributed by atoms with Crippen LogP contribution in [0.15, 0.2) is 64.3 Å². The van der Waals surface area contributed by atoms with Crippen LogP contribution < -0.4 is 5.32 Å². The standard InChI is InChI=1S/C39H48N2O5S2/c1-3-38(14-4-5-15-38)20-29-28-10-9-27-26-12-16-39(34(27)33(28)36(43)45-29)30-11-8-23(2)21-47-48-22-41-31-19-24(13-17-40-31)25(7-6-18-42)32(26)35(39)37(44)46-30/h11,13,17,19-20,23,25-27,34,42H,3-10,12,14-16,18,21-22H2,1-2H3,(H,40,41). The SMILES string of the molecule is CCC1(C=C2OC(=O)C3=C2CCC2C4CCC5(C6=CCC(C)CSSCNc7cc(ccn7)C(CCCO)C4=C5C(=O)O6)C32)CCCC1. The summed E-state index contributed by atoms with van der Waals surface area (Å²) < 4.78 is 12.7. The molecular formula is C39H48N2O5S2. The lowest BCUT2D eigenvalue weighted by molar-refractivity contribution is -0.135. The molecule has 5 aliphatic carbocycles. The van der Waals surface area contributed by atoms with Crippen LogP contribution in [0.3, 0.4) is 0 Å². The molecule has 2 saturated carbocycles. The van der Waals surface area contributed by atoms with Crippen LogP contribution in [-0.2, 0) is 19.1 Å². The number of esters is 2. The summed E-state index contributed by atoms with van der Waals surface area (Å²) in [4.78, 5) is 33.2. The van der Waals surface area contributed by atoms with Gasteiger partial charge in [0.1, 0.15) is 17.3 Å². The second kappa shape index (κ2) is 13.0. The highest BCUT2D eigenvalue weighted by atomic mass is 33.1. The second-order valence-electron chi connectivity index (χ2n) is 15.3. The number of cyclic esters (lactones) is 1. The molecule has 256 valence electrons. The summed E-state index contributed by atoms with van der Waals surface area (Å²) in [5, 5.41) is 13.5. The van der Waals surface area contributed by atoms with Gasteiger partial charge in [-0.1, -0.05) is 48.3 Å². The van der Waals surface area contributed by atoms with Crippen molar-refractivity contribution in [3.63, 3.8) is 0 Å². The number of hydrogen-bond donors (Lipinski definition) is 2. The number of fused-ring (bicyclic) bond motifs is 3. The topological polar surface area (TPSA) is 97.8 Å². The molecule has 7 bridgehead atoms. The molecule has 0 aromatic carbocycles. The number of ether oxygens (including phenoxy) is 2. The van der Waals surface area contributed by atoms with E-state index in [1.54, 1.807) is 10.8 Å². The Bertz CT molecular complexity index is 1620. The van der Waals surface area contributed by atoms with Crippen LogP contribution in [0.1, 0.15) is 102 Å². The molecule has 6 atom stereocenters. The van der Waals surface area contributed by atoms with Crippen LogP contribution in [0.4, 0.5) is 5.82 Å². The molecule has 3 aliphatic heterocycles. The van der Waals surface area contributed by atoms with Gasteiger partial charge in [0.2, 0.25) is 0 Å². The molecule has 8 aliphatic rings. The van der Waals surface area contributed by atoms with Crippen LogP contribution >= 0.6 is 21.6 Å². The maximum Gasteiger partial charge on any atom is 0.340 e. The molecule has 4 heterocycles. The van der Waals surface area contributed by atoms with E-state index in [-0.39, 0.29) is 47.6 Å². The third-order valence-corrected chi connectivity index (χ3v) is 15.2. The Morgan fingerprint density at radius 1 is 1.12 bits per heavy atom. The van der Waals surface area contributed by atoms with Gasteiger partial charge in [-0.25, -0.2) is 14.6 Å². The number of rotatable bonds is 5. The van der Waals surface area contributed by atoms with Gasteiger partial charge >= 0.3 is 11.9 Å². The average molecular weight is 689 g/mol. The highest BCUT2D eigenvalue weighted by molar-refractivity contribution is 8.76. The first-order valence-electron chi connectivity index (χ1n) is 18.3. The minimum absolute atomic E-state index is 0.0461. The molecule has 1 saturated heterocycles. The summed E-state index contributed by atoms with van der Waals surface area (Å²) in [6.45, 7) is 4.61. The summed E-state index contributed by atoms with van der Waals surface area (Å²) in [5.41, 5.74) is 4.44. The summed E-state index contributed by atoms with van der Waals surface area (Å²) in [5.74, 6) is 4.26. The van der Waals surface area contributed by atoms with E-state index in [2.05, 4.69) is 48.4 Å². The van der Waals surface area contributed by atoms with Crippen molar-refractivity contribution in [1.82, 2.24) is 4.98 Å². The molecule has 9 rings (SSSR count). The van der Waals surface area contributed by atoms with Crippen molar-refractivity contribution in [3.05, 3.63) is 69.9 Å². The van der Waals surface area contributed by atoms with Gasteiger partial charge in [0.05, 0.1) is 16.9 Å². The Kier molecular flexibility index (Phi) is 8.86. The molecule has 48 heavy (non-hydrogen) atoms. The molecule has 1 spiro atoms. The zero-order valence-corrected chi connectivity index (χ0v) is 29.9. The third-order valence-electron chi connectivity index (χ3n) is 12.8. The molecule has 6 unspecified atom stereocenters. The maximum atomic E-state index is 14.4. The van der Waals surface area contributed by atoms with Gasteiger partial charge < -0.3 is 19.9 Å². The van der Waals surface area contributed by atoms with Crippen molar-refractivity contribution in [3.8, 4) is 0 Å². The molecule has 1 aromatic rings. The van der Waals surface area contributed by atoms with Gasteiger partial charge in [-0.05, 0) is 123 Å². The third kappa shape index (κ3) is 5.24. The van der Waals surface area contributed by atoms with Gasteiger partial charge in [-0.2, -0.15) is 0 Å². The average Bonchev–Trinajstić information content (AvgIpc) is 3.78. The number of aromatic nitrogens is 1. The van der Waals surface area contributed by atoms with Crippen molar-refractivity contribution in [1.29, 1.82) is 0 Å². The Labute approximate surface area is 292 Å². The molecule has 9 heteroatoms. The number of allylic oxidation sites excluding steroid dienone is 5. The Balaban J connectivity index is 1.33. The first kappa shape index (κ1) is 32.7. The Morgan fingerprint density at radius 3 is 2.79 bits per heavy atom.